The number of rotatable bonds is 7. The molecule has 5 nitrogen and oxygen atoms in total. The normalized spacial score (nSPS) is 16.0. The van der Waals surface area contributed by atoms with Crippen LogP contribution in [0, 0.1) is 11.3 Å². The number of ether oxygens (including phenoxy) is 1. The smallest absolute Gasteiger partial charge is 0.261 e. The molecule has 0 spiro atoms. The van der Waals surface area contributed by atoms with Crippen molar-refractivity contribution in [2.75, 3.05) is 39.4 Å². The summed E-state index contributed by atoms with van der Waals surface area (Å²) in [5.41, 5.74) is 1.14. The molecule has 2 rings (SSSR count). The Bertz CT molecular complexity index is 611. The molecule has 1 aliphatic rings. The average molecular weight is 325 g/mol. The SMILES string of the molecule is N#CC(=CC=Cc1ccccc1)C(=O)NCCCN1CCOCC1. The van der Waals surface area contributed by atoms with Gasteiger partial charge in [0.1, 0.15) is 11.6 Å². The van der Waals surface area contributed by atoms with E-state index >= 15 is 0 Å². The maximum atomic E-state index is 12.0. The van der Waals surface area contributed by atoms with Crippen molar-refractivity contribution in [2.45, 2.75) is 6.42 Å². The molecule has 0 aliphatic carbocycles. The van der Waals surface area contributed by atoms with Crippen molar-refractivity contribution in [3.8, 4) is 6.07 Å². The van der Waals surface area contributed by atoms with Crippen LogP contribution < -0.4 is 5.32 Å². The fourth-order valence-electron chi connectivity index (χ4n) is 2.41. The van der Waals surface area contributed by atoms with E-state index in [2.05, 4.69) is 10.2 Å². The lowest BCUT2D eigenvalue weighted by Gasteiger charge is -2.26. The standard InChI is InChI=1S/C19H23N3O2/c20-16-18(9-4-8-17-6-2-1-3-7-17)19(23)21-10-5-11-22-12-14-24-15-13-22/h1-4,6-9H,5,10-15H2,(H,21,23). The van der Waals surface area contributed by atoms with Crippen LogP contribution in [0.3, 0.4) is 0 Å². The van der Waals surface area contributed by atoms with Crippen molar-refractivity contribution in [1.82, 2.24) is 10.2 Å². The van der Waals surface area contributed by atoms with E-state index in [1.54, 1.807) is 12.2 Å². The summed E-state index contributed by atoms with van der Waals surface area (Å²) in [5, 5.41) is 11.9. The van der Waals surface area contributed by atoms with Gasteiger partial charge in [0.05, 0.1) is 13.2 Å². The van der Waals surface area contributed by atoms with Crippen LogP contribution in [0.25, 0.3) is 6.08 Å². The van der Waals surface area contributed by atoms with E-state index < -0.39 is 0 Å². The number of carbonyl (C=O) groups excluding carboxylic acids is 1. The minimum atomic E-state index is -0.322. The Labute approximate surface area is 143 Å². The van der Waals surface area contributed by atoms with Gasteiger partial charge in [0.2, 0.25) is 0 Å². The number of allylic oxidation sites excluding steroid dienone is 2. The Hall–Kier alpha value is -2.42. The molecule has 0 radical (unpaired) electrons. The highest BCUT2D eigenvalue weighted by Gasteiger charge is 2.10. The third-order valence-corrected chi connectivity index (χ3v) is 3.76. The zero-order valence-corrected chi connectivity index (χ0v) is 13.8. The van der Waals surface area contributed by atoms with Crippen molar-refractivity contribution in [3.63, 3.8) is 0 Å². The van der Waals surface area contributed by atoms with E-state index in [0.29, 0.717) is 6.54 Å². The first-order chi connectivity index (χ1) is 11.8. The van der Waals surface area contributed by atoms with E-state index in [1.165, 1.54) is 0 Å². The monoisotopic (exact) mass is 325 g/mol. The van der Waals surface area contributed by atoms with Crippen molar-refractivity contribution in [3.05, 3.63) is 53.6 Å². The van der Waals surface area contributed by atoms with Crippen LogP contribution in [-0.2, 0) is 9.53 Å². The fourth-order valence-corrected chi connectivity index (χ4v) is 2.41. The van der Waals surface area contributed by atoms with Gasteiger partial charge >= 0.3 is 0 Å². The van der Waals surface area contributed by atoms with E-state index in [0.717, 1.165) is 44.8 Å². The van der Waals surface area contributed by atoms with Gasteiger partial charge in [0.25, 0.3) is 5.91 Å². The second-order valence-corrected chi connectivity index (χ2v) is 5.53. The molecule has 0 unspecified atom stereocenters. The first kappa shape index (κ1) is 17.9. The maximum Gasteiger partial charge on any atom is 0.261 e. The molecule has 1 fully saturated rings. The largest absolute Gasteiger partial charge is 0.379 e. The van der Waals surface area contributed by atoms with Gasteiger partial charge in [-0.1, -0.05) is 42.5 Å². The molecule has 1 aromatic rings. The van der Waals surface area contributed by atoms with Crippen molar-refractivity contribution in [2.24, 2.45) is 0 Å². The summed E-state index contributed by atoms with van der Waals surface area (Å²) in [6.07, 6.45) is 6.00. The van der Waals surface area contributed by atoms with E-state index in [4.69, 9.17) is 10.00 Å². The van der Waals surface area contributed by atoms with Crippen LogP contribution in [0.2, 0.25) is 0 Å². The average Bonchev–Trinajstić information content (AvgIpc) is 2.64. The summed E-state index contributed by atoms with van der Waals surface area (Å²) in [6.45, 7) is 4.95. The topological polar surface area (TPSA) is 65.4 Å². The predicted octanol–water partition coefficient (Wildman–Crippen LogP) is 1.99. The Morgan fingerprint density at radius 3 is 2.75 bits per heavy atom. The summed E-state index contributed by atoms with van der Waals surface area (Å²) < 4.78 is 5.30. The molecular weight excluding hydrogens is 302 g/mol. The number of nitriles is 1. The number of nitrogens with zero attached hydrogens (tertiary/aromatic N) is 2. The molecule has 1 heterocycles. The summed E-state index contributed by atoms with van der Waals surface area (Å²) in [4.78, 5) is 14.3. The van der Waals surface area contributed by atoms with Crippen LogP contribution in [0.5, 0.6) is 0 Å². The van der Waals surface area contributed by atoms with Gasteiger partial charge in [-0.3, -0.25) is 9.69 Å². The number of hydrogen-bond acceptors (Lipinski definition) is 4. The molecule has 0 bridgehead atoms. The molecule has 0 atom stereocenters. The van der Waals surface area contributed by atoms with Crippen molar-refractivity contribution in [1.29, 1.82) is 5.26 Å². The lowest BCUT2D eigenvalue weighted by Crippen LogP contribution is -2.38. The third kappa shape index (κ3) is 6.37. The maximum absolute atomic E-state index is 12.0. The van der Waals surface area contributed by atoms with Crippen LogP contribution in [0.15, 0.2) is 48.1 Å². The van der Waals surface area contributed by atoms with Gasteiger partial charge in [-0.15, -0.1) is 0 Å². The summed E-state index contributed by atoms with van der Waals surface area (Å²) in [6, 6.07) is 11.7. The molecule has 126 valence electrons. The second kappa shape index (κ2) is 10.4. The van der Waals surface area contributed by atoms with E-state index in [9.17, 15) is 4.79 Å². The second-order valence-electron chi connectivity index (χ2n) is 5.53. The number of nitrogens with one attached hydrogen (secondary N) is 1. The molecule has 24 heavy (non-hydrogen) atoms. The number of amides is 1. The first-order valence-corrected chi connectivity index (χ1v) is 8.21. The first-order valence-electron chi connectivity index (χ1n) is 8.21. The molecule has 1 aliphatic heterocycles. The van der Waals surface area contributed by atoms with Crippen LogP contribution in [0.1, 0.15) is 12.0 Å². The molecule has 0 saturated carbocycles. The summed E-state index contributed by atoms with van der Waals surface area (Å²) in [5.74, 6) is -0.322. The van der Waals surface area contributed by atoms with Gasteiger partial charge in [0.15, 0.2) is 0 Å². The number of carbonyl (C=O) groups is 1. The Kier molecular flexibility index (Phi) is 7.75. The summed E-state index contributed by atoms with van der Waals surface area (Å²) >= 11 is 0. The third-order valence-electron chi connectivity index (χ3n) is 3.76. The zero-order chi connectivity index (χ0) is 17.0. The Balaban J connectivity index is 1.73. The van der Waals surface area contributed by atoms with Crippen molar-refractivity contribution >= 4 is 12.0 Å². The quantitative estimate of drug-likeness (QED) is 0.360. The number of benzene rings is 1. The predicted molar refractivity (Wildman–Crippen MR) is 94.1 cm³/mol. The van der Waals surface area contributed by atoms with Gasteiger partial charge < -0.3 is 10.1 Å². The highest BCUT2D eigenvalue weighted by Crippen LogP contribution is 2.03. The fraction of sp³-hybridized carbons (Fsp3) is 0.368. The molecule has 0 aromatic heterocycles. The van der Waals surface area contributed by atoms with Gasteiger partial charge in [-0.05, 0) is 24.6 Å². The van der Waals surface area contributed by atoms with Crippen molar-refractivity contribution < 1.29 is 9.53 Å². The van der Waals surface area contributed by atoms with Gasteiger partial charge in [-0.25, -0.2) is 0 Å². The van der Waals surface area contributed by atoms with Crippen LogP contribution >= 0.6 is 0 Å². The molecule has 5 heteroatoms. The molecule has 1 amide bonds. The number of morpholine rings is 1. The van der Waals surface area contributed by atoms with Gasteiger partial charge in [0, 0.05) is 19.6 Å². The molecule has 1 aromatic carbocycles. The van der Waals surface area contributed by atoms with Gasteiger partial charge in [-0.2, -0.15) is 5.26 Å². The van der Waals surface area contributed by atoms with E-state index in [-0.39, 0.29) is 11.5 Å². The Morgan fingerprint density at radius 2 is 2.04 bits per heavy atom. The van der Waals surface area contributed by atoms with E-state index in [1.807, 2.05) is 42.5 Å². The van der Waals surface area contributed by atoms with Crippen LogP contribution in [0.4, 0.5) is 0 Å². The number of hydrogen-bond donors (Lipinski definition) is 1. The van der Waals surface area contributed by atoms with Crippen LogP contribution in [-0.4, -0.2) is 50.2 Å². The highest BCUT2D eigenvalue weighted by atomic mass is 16.5. The molecular formula is C19H23N3O2. The molecule has 1 saturated heterocycles. The molecule has 1 N–H and O–H groups in total. The Morgan fingerprint density at radius 1 is 1.29 bits per heavy atom. The lowest BCUT2D eigenvalue weighted by molar-refractivity contribution is -0.117. The lowest BCUT2D eigenvalue weighted by atomic mass is 10.2. The summed E-state index contributed by atoms with van der Waals surface area (Å²) in [7, 11) is 0. The minimum absolute atomic E-state index is 0.119. The highest BCUT2D eigenvalue weighted by molar-refractivity contribution is 5.97. The minimum Gasteiger partial charge on any atom is -0.379 e. The zero-order valence-electron chi connectivity index (χ0n) is 13.8.